The van der Waals surface area contributed by atoms with Crippen LogP contribution in [-0.4, -0.2) is 93.8 Å². The second-order valence-electron chi connectivity index (χ2n) is 19.7. The largest absolute Gasteiger partial charge is 0.490 e. The number of carbonyl (C=O) groups is 3. The smallest absolute Gasteiger partial charge is 0.248 e. The van der Waals surface area contributed by atoms with E-state index in [1.54, 1.807) is 45.8 Å². The molecule has 3 N–H and O–H groups in total. The molecule has 3 aliphatic rings. The number of hydrogen-bond acceptors (Lipinski definition) is 12. The number of hydrogen-bond donors (Lipinski definition) is 3. The number of aliphatic hydroxyl groups excluding tert-OH is 1. The van der Waals surface area contributed by atoms with Gasteiger partial charge in [-0.25, -0.2) is 9.37 Å². The van der Waals surface area contributed by atoms with Crippen LogP contribution in [-0.2, 0) is 14.4 Å². The van der Waals surface area contributed by atoms with Gasteiger partial charge in [0.1, 0.15) is 46.6 Å². The van der Waals surface area contributed by atoms with Crippen LogP contribution in [0.4, 0.5) is 4.39 Å². The van der Waals surface area contributed by atoms with Crippen molar-refractivity contribution in [3.63, 3.8) is 0 Å². The molecular weight excluding hydrogens is 987 g/mol. The van der Waals surface area contributed by atoms with E-state index in [4.69, 9.17) is 21.3 Å². The van der Waals surface area contributed by atoms with Crippen molar-refractivity contribution in [1.82, 2.24) is 45.1 Å². The number of fused-ring (bicyclic) bond motifs is 3. The van der Waals surface area contributed by atoms with Gasteiger partial charge in [0.2, 0.25) is 17.7 Å². The van der Waals surface area contributed by atoms with Gasteiger partial charge in [-0.15, -0.1) is 32.9 Å². The number of aryl methyl sites for hydroxylation is 3. The molecule has 3 amide bonds. The lowest BCUT2D eigenvalue weighted by molar-refractivity contribution is -0.142. The first-order chi connectivity index (χ1) is 35.0. The molecule has 6 heterocycles. The molecule has 19 heteroatoms. The van der Waals surface area contributed by atoms with Gasteiger partial charge in [0, 0.05) is 70.7 Å². The third-order valence-electron chi connectivity index (χ3n) is 14.1. The van der Waals surface area contributed by atoms with Gasteiger partial charge in [-0.1, -0.05) is 61.8 Å². The minimum atomic E-state index is -0.886. The molecule has 10 rings (SSSR count). The Balaban J connectivity index is 0.774. The van der Waals surface area contributed by atoms with E-state index in [2.05, 4.69) is 44.8 Å². The number of benzene rings is 3. The van der Waals surface area contributed by atoms with Gasteiger partial charge < -0.3 is 25.4 Å². The van der Waals surface area contributed by atoms with Gasteiger partial charge in [0.15, 0.2) is 5.82 Å². The fourth-order valence-corrected chi connectivity index (χ4v) is 12.2. The maximum absolute atomic E-state index is 15.3. The van der Waals surface area contributed by atoms with Gasteiger partial charge in [-0.2, -0.15) is 5.10 Å². The van der Waals surface area contributed by atoms with Crippen molar-refractivity contribution >= 4 is 57.7 Å². The molecule has 0 spiro atoms. The molecule has 5 atom stereocenters. The van der Waals surface area contributed by atoms with Crippen molar-refractivity contribution in [3.8, 4) is 32.3 Å². The van der Waals surface area contributed by atoms with E-state index in [1.807, 2.05) is 93.2 Å². The standard InChI is InChI=1S/C54H56ClFN10O5S2/c1-27(2)49(53(70)64-25-41(67)21-45(64)52(69)59-29(4)33-8-10-35(11-9-33)50-30(5)57-26-72-50)65-24-37(23-58-65)36-16-39(56)18-42(17-36)71-43-19-40(20-43)60-46(68)22-44-51-63-62-32(7)66(51)54-47(28(3)31(6)73-54)48(61-44)34-12-14-38(55)15-13-34/h8-18,23-24,26-27,29,40-41,43-45,49,67H,19-22,25H2,1-7H3,(H,59,69)(H,60,68)/t29-,40-,41+,43+,44-,45-,49+/m0/s1. The molecule has 1 aliphatic carbocycles. The number of likely N-dealkylation sites (tertiary alicyclic amines) is 1. The molecule has 0 unspecified atom stereocenters. The van der Waals surface area contributed by atoms with Crippen LogP contribution in [0, 0.1) is 39.4 Å². The molecule has 0 bridgehead atoms. The van der Waals surface area contributed by atoms with Gasteiger partial charge in [-0.3, -0.25) is 28.6 Å². The molecule has 1 saturated heterocycles. The zero-order valence-corrected chi connectivity index (χ0v) is 43.9. The van der Waals surface area contributed by atoms with Crippen LogP contribution in [0.2, 0.25) is 5.02 Å². The lowest BCUT2D eigenvalue weighted by atomic mass is 9.89. The van der Waals surface area contributed by atoms with Gasteiger partial charge in [0.05, 0.1) is 46.6 Å². The predicted molar refractivity (Wildman–Crippen MR) is 280 cm³/mol. The zero-order valence-electron chi connectivity index (χ0n) is 41.5. The summed E-state index contributed by atoms with van der Waals surface area (Å²) in [5.74, 6) is -0.0168. The second-order valence-corrected chi connectivity index (χ2v) is 22.2. The first-order valence-corrected chi connectivity index (χ1v) is 26.5. The number of thiophene rings is 1. The van der Waals surface area contributed by atoms with Crippen molar-refractivity contribution in [2.45, 2.75) is 117 Å². The van der Waals surface area contributed by atoms with Gasteiger partial charge in [-0.05, 0) is 87.1 Å². The fraction of sp³-hybridized carbons (Fsp3) is 0.370. The van der Waals surface area contributed by atoms with Crippen LogP contribution < -0.4 is 15.4 Å². The quantitative estimate of drug-likeness (QED) is 0.0956. The molecule has 73 heavy (non-hydrogen) atoms. The summed E-state index contributed by atoms with van der Waals surface area (Å²) in [5.41, 5.74) is 9.55. The number of amides is 3. The first kappa shape index (κ1) is 50.0. The lowest BCUT2D eigenvalue weighted by Gasteiger charge is -2.36. The molecule has 7 aromatic rings. The van der Waals surface area contributed by atoms with Crippen LogP contribution >= 0.6 is 34.3 Å². The molecular formula is C54H56ClFN10O5S2. The SMILES string of the molecule is Cc1ncsc1-c1ccc([C@H](C)NC(=O)[C@@H]2C[C@@H](O)CN2C(=O)[C@@H](C(C)C)n2cc(-c3cc(F)cc(O[C@H]4C[C@@H](NC(=O)C[C@@H]5N=C(c6ccc(Cl)cc6)c6c(sc(C)c6C)-n6c(C)nnc65)C4)c3)cn2)cc1. The number of thiazole rings is 1. The average molecular weight is 1040 g/mol. The minimum absolute atomic E-state index is 0.00256. The van der Waals surface area contributed by atoms with Crippen LogP contribution in [0.15, 0.2) is 89.6 Å². The molecule has 378 valence electrons. The monoisotopic (exact) mass is 1040 g/mol. The van der Waals surface area contributed by atoms with Crippen molar-refractivity contribution in [2.24, 2.45) is 10.9 Å². The normalized spacial score (nSPS) is 20.1. The van der Waals surface area contributed by atoms with Gasteiger partial charge in [0.25, 0.3) is 0 Å². The summed E-state index contributed by atoms with van der Waals surface area (Å²) < 4.78 is 25.1. The summed E-state index contributed by atoms with van der Waals surface area (Å²) in [5, 5.41) is 32.1. The van der Waals surface area contributed by atoms with E-state index in [-0.39, 0.29) is 61.2 Å². The molecule has 3 aromatic carbocycles. The van der Waals surface area contributed by atoms with Crippen molar-refractivity contribution in [3.05, 3.63) is 140 Å². The molecule has 15 nitrogen and oxygen atoms in total. The third-order valence-corrected chi connectivity index (χ3v) is 16.5. The summed E-state index contributed by atoms with van der Waals surface area (Å²) >= 11 is 9.50. The van der Waals surface area contributed by atoms with E-state index in [0.717, 1.165) is 54.0 Å². The fourth-order valence-electron chi connectivity index (χ4n) is 10.1. The highest BCUT2D eigenvalue weighted by molar-refractivity contribution is 7.15. The molecule has 1 saturated carbocycles. The number of aromatic nitrogens is 6. The summed E-state index contributed by atoms with van der Waals surface area (Å²) in [4.78, 5) is 55.3. The Hall–Kier alpha value is -6.60. The highest BCUT2D eigenvalue weighted by Crippen LogP contribution is 2.40. The Morgan fingerprint density at radius 3 is 2.38 bits per heavy atom. The Labute approximate surface area is 435 Å². The predicted octanol–water partition coefficient (Wildman–Crippen LogP) is 9.39. The number of ether oxygens (including phenoxy) is 1. The van der Waals surface area contributed by atoms with Crippen LogP contribution in [0.25, 0.3) is 26.6 Å². The van der Waals surface area contributed by atoms with Crippen molar-refractivity contribution in [1.29, 1.82) is 0 Å². The summed E-state index contributed by atoms with van der Waals surface area (Å²) in [6.45, 7) is 13.7. The number of halogens is 2. The topological polar surface area (TPSA) is 182 Å². The molecule has 2 aliphatic heterocycles. The highest BCUT2D eigenvalue weighted by Gasteiger charge is 2.43. The average Bonchev–Trinajstić information content (AvgIpc) is 4.19. The Morgan fingerprint density at radius 2 is 1.67 bits per heavy atom. The maximum Gasteiger partial charge on any atom is 0.248 e. The van der Waals surface area contributed by atoms with E-state index in [0.29, 0.717) is 46.4 Å². The van der Waals surface area contributed by atoms with E-state index in [1.165, 1.54) is 17.0 Å². The summed E-state index contributed by atoms with van der Waals surface area (Å²) in [6.07, 6.45) is 3.32. The number of β-amino-alcohol motifs (C(OH)–C–C–N with tert-alkyl or cyclic N) is 1. The number of aliphatic imine (C=N–C) groups is 1. The van der Waals surface area contributed by atoms with Crippen LogP contribution in [0.1, 0.15) is 109 Å². The number of rotatable bonds is 14. The number of nitrogens with zero attached hydrogens (tertiary/aromatic N) is 8. The first-order valence-electron chi connectivity index (χ1n) is 24.5. The van der Waals surface area contributed by atoms with Crippen molar-refractivity contribution in [2.75, 3.05) is 6.54 Å². The number of nitrogens with one attached hydrogen (secondary N) is 2. The summed E-state index contributed by atoms with van der Waals surface area (Å²) in [6, 6.07) is 17.1. The van der Waals surface area contributed by atoms with Crippen LogP contribution in [0.3, 0.4) is 0 Å². The second kappa shape index (κ2) is 20.4. The Kier molecular flexibility index (Phi) is 13.9. The molecule has 4 aromatic heterocycles. The molecule has 2 fully saturated rings. The van der Waals surface area contributed by atoms with Crippen molar-refractivity contribution < 1.29 is 28.6 Å². The number of carbonyl (C=O) groups excluding carboxylic acids is 3. The van der Waals surface area contributed by atoms with Gasteiger partial charge >= 0.3 is 0 Å². The third kappa shape index (κ3) is 10.1. The Bertz CT molecular complexity index is 3250. The van der Waals surface area contributed by atoms with Crippen LogP contribution in [0.5, 0.6) is 5.75 Å². The van der Waals surface area contributed by atoms with E-state index < -0.39 is 30.0 Å². The summed E-state index contributed by atoms with van der Waals surface area (Å²) in [7, 11) is 0. The highest BCUT2D eigenvalue weighted by atomic mass is 35.5. The Morgan fingerprint density at radius 1 is 0.932 bits per heavy atom. The van der Waals surface area contributed by atoms with E-state index >= 15 is 4.39 Å². The number of aliphatic hydroxyl groups is 1. The lowest BCUT2D eigenvalue weighted by Crippen LogP contribution is -2.49. The minimum Gasteiger partial charge on any atom is -0.490 e. The van der Waals surface area contributed by atoms with E-state index in [9.17, 15) is 19.5 Å². The zero-order chi connectivity index (χ0) is 51.4. The molecule has 0 radical (unpaired) electrons. The maximum atomic E-state index is 15.3.